The SMILES string of the molecule is CCCCCCCCOc1ccc(C2C3=C(CCCC3=O)N(C)C3=C2C(=O)CCC3)cc1OC. The lowest BCUT2D eigenvalue weighted by Crippen LogP contribution is -2.37. The lowest BCUT2D eigenvalue weighted by molar-refractivity contribution is -0.117. The Hall–Kier alpha value is -2.56. The summed E-state index contributed by atoms with van der Waals surface area (Å²) in [6.45, 7) is 2.89. The van der Waals surface area contributed by atoms with Gasteiger partial charge in [0.1, 0.15) is 0 Å². The number of ether oxygens (including phenoxy) is 2. The van der Waals surface area contributed by atoms with Crippen LogP contribution < -0.4 is 9.47 Å². The zero-order chi connectivity index (χ0) is 24.1. The van der Waals surface area contributed by atoms with Crippen molar-refractivity contribution in [3.63, 3.8) is 0 Å². The molecule has 0 bridgehead atoms. The van der Waals surface area contributed by atoms with E-state index in [-0.39, 0.29) is 17.5 Å². The van der Waals surface area contributed by atoms with Gasteiger partial charge in [-0.25, -0.2) is 0 Å². The Morgan fingerprint density at radius 1 is 0.853 bits per heavy atom. The van der Waals surface area contributed by atoms with Crippen molar-refractivity contribution in [3.05, 3.63) is 46.3 Å². The first-order valence-electron chi connectivity index (χ1n) is 13.1. The Balaban J connectivity index is 1.60. The highest BCUT2D eigenvalue weighted by Crippen LogP contribution is 2.49. The van der Waals surface area contributed by atoms with Gasteiger partial charge >= 0.3 is 0 Å². The minimum absolute atomic E-state index is 0.172. The van der Waals surface area contributed by atoms with Crippen molar-refractivity contribution in [2.75, 3.05) is 20.8 Å². The predicted molar refractivity (Wildman–Crippen MR) is 134 cm³/mol. The van der Waals surface area contributed by atoms with Gasteiger partial charge in [-0.3, -0.25) is 9.59 Å². The minimum Gasteiger partial charge on any atom is -0.493 e. The first kappa shape index (κ1) is 24.6. The Labute approximate surface area is 204 Å². The molecule has 0 atom stereocenters. The summed E-state index contributed by atoms with van der Waals surface area (Å²) in [6, 6.07) is 5.95. The average Bonchev–Trinajstić information content (AvgIpc) is 2.85. The molecule has 0 fully saturated rings. The van der Waals surface area contributed by atoms with E-state index in [0.29, 0.717) is 25.2 Å². The molecule has 1 heterocycles. The molecule has 34 heavy (non-hydrogen) atoms. The molecule has 5 heteroatoms. The topological polar surface area (TPSA) is 55.8 Å². The molecule has 0 N–H and O–H groups in total. The van der Waals surface area contributed by atoms with Gasteiger partial charge in [0.25, 0.3) is 0 Å². The maximum atomic E-state index is 13.2. The molecule has 0 saturated carbocycles. The van der Waals surface area contributed by atoms with Crippen LogP contribution in [0.2, 0.25) is 0 Å². The zero-order valence-electron chi connectivity index (χ0n) is 21.1. The lowest BCUT2D eigenvalue weighted by atomic mass is 9.71. The number of hydrogen-bond acceptors (Lipinski definition) is 5. The molecule has 3 aliphatic rings. The van der Waals surface area contributed by atoms with E-state index in [4.69, 9.17) is 9.47 Å². The van der Waals surface area contributed by atoms with Crippen LogP contribution in [-0.2, 0) is 9.59 Å². The Bertz CT molecular complexity index is 946. The smallest absolute Gasteiger partial charge is 0.161 e. The van der Waals surface area contributed by atoms with E-state index >= 15 is 0 Å². The number of methoxy groups -OCH3 is 1. The molecule has 2 aliphatic carbocycles. The summed E-state index contributed by atoms with van der Waals surface area (Å²) in [5.41, 5.74) is 4.76. The van der Waals surface area contributed by atoms with E-state index in [1.807, 2.05) is 25.2 Å². The molecule has 0 amide bonds. The average molecular weight is 466 g/mol. The second-order valence-electron chi connectivity index (χ2n) is 9.79. The number of nitrogens with zero attached hydrogens (tertiary/aromatic N) is 1. The molecule has 1 aliphatic heterocycles. The second kappa shape index (κ2) is 11.2. The van der Waals surface area contributed by atoms with Crippen LogP contribution in [0.5, 0.6) is 11.5 Å². The first-order valence-corrected chi connectivity index (χ1v) is 13.1. The second-order valence-corrected chi connectivity index (χ2v) is 9.79. The number of carbonyl (C=O) groups excluding carboxylic acids is 2. The normalized spacial score (nSPS) is 18.9. The molecule has 4 rings (SSSR count). The molecule has 1 aromatic rings. The van der Waals surface area contributed by atoms with Crippen molar-refractivity contribution in [1.82, 2.24) is 4.90 Å². The number of allylic oxidation sites excluding steroid dienone is 4. The molecule has 0 unspecified atom stereocenters. The molecule has 0 radical (unpaired) electrons. The van der Waals surface area contributed by atoms with Crippen molar-refractivity contribution in [3.8, 4) is 11.5 Å². The number of hydrogen-bond donors (Lipinski definition) is 0. The van der Waals surface area contributed by atoms with Gasteiger partial charge in [0, 0.05) is 48.3 Å². The standard InChI is InChI=1S/C29H39NO4/c1-4-5-6-7-8-9-18-34-25-17-16-20(19-26(25)33-3)27-28-21(12-10-14-23(28)31)30(2)22-13-11-15-24(32)29(22)27/h16-17,19,27H,4-15,18H2,1-3H3. The van der Waals surface area contributed by atoms with E-state index < -0.39 is 0 Å². The monoisotopic (exact) mass is 465 g/mol. The van der Waals surface area contributed by atoms with Gasteiger partial charge in [0.2, 0.25) is 0 Å². The highest BCUT2D eigenvalue weighted by atomic mass is 16.5. The first-order chi connectivity index (χ1) is 16.6. The van der Waals surface area contributed by atoms with Crippen LogP contribution in [0.1, 0.15) is 95.5 Å². The van der Waals surface area contributed by atoms with Crippen LogP contribution in [0.3, 0.4) is 0 Å². The van der Waals surface area contributed by atoms with Crippen LogP contribution in [0.15, 0.2) is 40.7 Å². The summed E-state index contributed by atoms with van der Waals surface area (Å²) in [6.07, 6.45) is 11.9. The molecule has 1 aromatic carbocycles. The minimum atomic E-state index is -0.302. The summed E-state index contributed by atoms with van der Waals surface area (Å²) in [7, 11) is 3.68. The van der Waals surface area contributed by atoms with Gasteiger partial charge in [0.05, 0.1) is 13.7 Å². The third-order valence-corrected chi connectivity index (χ3v) is 7.52. The highest BCUT2D eigenvalue weighted by molar-refractivity contribution is 6.06. The lowest BCUT2D eigenvalue weighted by Gasteiger charge is -2.42. The van der Waals surface area contributed by atoms with Gasteiger partial charge in [-0.05, 0) is 49.8 Å². The number of ketones is 2. The summed E-state index contributed by atoms with van der Waals surface area (Å²) in [5, 5.41) is 0. The number of unbranched alkanes of at least 4 members (excludes halogenated alkanes) is 5. The maximum absolute atomic E-state index is 13.2. The van der Waals surface area contributed by atoms with E-state index in [0.717, 1.165) is 66.0 Å². The third kappa shape index (κ3) is 4.94. The van der Waals surface area contributed by atoms with Crippen LogP contribution in [0, 0.1) is 0 Å². The summed E-state index contributed by atoms with van der Waals surface area (Å²) in [5.74, 6) is 1.43. The predicted octanol–water partition coefficient (Wildman–Crippen LogP) is 6.48. The number of carbonyl (C=O) groups is 2. The third-order valence-electron chi connectivity index (χ3n) is 7.52. The molecule has 0 saturated heterocycles. The van der Waals surface area contributed by atoms with E-state index in [1.165, 1.54) is 32.1 Å². The Morgan fingerprint density at radius 2 is 1.47 bits per heavy atom. The fourth-order valence-electron chi connectivity index (χ4n) is 5.73. The quantitative estimate of drug-likeness (QED) is 0.370. The Morgan fingerprint density at radius 3 is 2.09 bits per heavy atom. The van der Waals surface area contributed by atoms with Crippen LogP contribution in [0.25, 0.3) is 0 Å². The molecular formula is C29H39NO4. The number of rotatable bonds is 10. The van der Waals surface area contributed by atoms with Gasteiger partial charge in [-0.15, -0.1) is 0 Å². The fourth-order valence-corrected chi connectivity index (χ4v) is 5.73. The summed E-state index contributed by atoms with van der Waals surface area (Å²) < 4.78 is 11.8. The largest absolute Gasteiger partial charge is 0.493 e. The number of Topliss-reactive ketones (excluding diaryl/α,β-unsaturated/α-hetero) is 2. The maximum Gasteiger partial charge on any atom is 0.161 e. The Kier molecular flexibility index (Phi) is 8.12. The molecular weight excluding hydrogens is 426 g/mol. The van der Waals surface area contributed by atoms with Gasteiger partial charge in [-0.1, -0.05) is 45.1 Å². The van der Waals surface area contributed by atoms with Crippen LogP contribution in [0.4, 0.5) is 0 Å². The summed E-state index contributed by atoms with van der Waals surface area (Å²) in [4.78, 5) is 28.5. The van der Waals surface area contributed by atoms with Gasteiger partial charge in [-0.2, -0.15) is 0 Å². The van der Waals surface area contributed by atoms with Crippen molar-refractivity contribution < 1.29 is 19.1 Å². The fraction of sp³-hybridized carbons (Fsp3) is 0.586. The highest BCUT2D eigenvalue weighted by Gasteiger charge is 2.42. The van der Waals surface area contributed by atoms with E-state index in [2.05, 4.69) is 11.8 Å². The summed E-state index contributed by atoms with van der Waals surface area (Å²) >= 11 is 0. The molecule has 184 valence electrons. The van der Waals surface area contributed by atoms with E-state index in [9.17, 15) is 9.59 Å². The van der Waals surface area contributed by atoms with Crippen molar-refractivity contribution in [1.29, 1.82) is 0 Å². The zero-order valence-corrected chi connectivity index (χ0v) is 21.1. The van der Waals surface area contributed by atoms with Crippen LogP contribution >= 0.6 is 0 Å². The van der Waals surface area contributed by atoms with E-state index in [1.54, 1.807) is 7.11 Å². The van der Waals surface area contributed by atoms with Crippen molar-refractivity contribution in [2.24, 2.45) is 0 Å². The molecule has 5 nitrogen and oxygen atoms in total. The van der Waals surface area contributed by atoms with Gasteiger partial charge < -0.3 is 14.4 Å². The van der Waals surface area contributed by atoms with Crippen molar-refractivity contribution >= 4 is 11.6 Å². The molecule has 0 spiro atoms. The van der Waals surface area contributed by atoms with Crippen LogP contribution in [-0.4, -0.2) is 37.2 Å². The molecule has 0 aromatic heterocycles. The van der Waals surface area contributed by atoms with Gasteiger partial charge in [0.15, 0.2) is 23.1 Å². The van der Waals surface area contributed by atoms with Crippen molar-refractivity contribution in [2.45, 2.75) is 89.9 Å². The number of benzene rings is 1.